The predicted molar refractivity (Wildman–Crippen MR) is 112 cm³/mol. The van der Waals surface area contributed by atoms with Crippen molar-refractivity contribution in [3.63, 3.8) is 0 Å². The number of hydrogen-bond donors (Lipinski definition) is 3. The molecule has 2 aliphatic rings. The molecule has 0 aliphatic carbocycles. The van der Waals surface area contributed by atoms with Crippen LogP contribution in [-0.4, -0.2) is 21.5 Å². The number of phenolic OH excluding ortho intramolecular Hbond substituents is 1. The zero-order valence-corrected chi connectivity index (χ0v) is 17.2. The van der Waals surface area contributed by atoms with Crippen LogP contribution < -0.4 is 15.4 Å². The number of aryl methyl sites for hydroxylation is 1. The summed E-state index contributed by atoms with van der Waals surface area (Å²) in [7, 11) is 0. The zero-order chi connectivity index (χ0) is 19.4. The Morgan fingerprint density at radius 2 is 1.93 bits per heavy atom. The van der Waals surface area contributed by atoms with Crippen LogP contribution in [0.2, 0.25) is 5.02 Å². The molecule has 0 aromatic heterocycles. The SMILES string of the molecule is Cc1ccccc1[C@H]1C[C@]2(CC(C)(C)NC(=S)N2)Oc2cc(O)c(Cl)cc21. The molecule has 2 heterocycles. The van der Waals surface area contributed by atoms with Crippen LogP contribution in [0.4, 0.5) is 0 Å². The summed E-state index contributed by atoms with van der Waals surface area (Å²) in [5.74, 6) is 0.744. The van der Waals surface area contributed by atoms with Gasteiger partial charge in [-0.1, -0.05) is 35.9 Å². The lowest BCUT2D eigenvalue weighted by molar-refractivity contribution is -0.0128. The van der Waals surface area contributed by atoms with E-state index in [9.17, 15) is 5.11 Å². The van der Waals surface area contributed by atoms with Crippen LogP contribution in [0.25, 0.3) is 0 Å². The molecule has 4 rings (SSSR count). The van der Waals surface area contributed by atoms with Crippen LogP contribution in [0.3, 0.4) is 0 Å². The lowest BCUT2D eigenvalue weighted by Gasteiger charge is -2.50. The molecule has 142 valence electrons. The molecule has 0 unspecified atom stereocenters. The molecule has 27 heavy (non-hydrogen) atoms. The molecule has 3 N–H and O–H groups in total. The minimum Gasteiger partial charge on any atom is -0.506 e. The summed E-state index contributed by atoms with van der Waals surface area (Å²) >= 11 is 11.7. The molecule has 1 saturated heterocycles. The molecule has 0 amide bonds. The van der Waals surface area contributed by atoms with Gasteiger partial charge >= 0.3 is 0 Å². The second-order valence-corrected chi connectivity index (χ2v) is 9.01. The third-order valence-electron chi connectivity index (χ3n) is 5.38. The fraction of sp³-hybridized carbons (Fsp3) is 0.381. The number of fused-ring (bicyclic) bond motifs is 1. The van der Waals surface area contributed by atoms with E-state index in [0.717, 1.165) is 18.4 Å². The Morgan fingerprint density at radius 1 is 1.19 bits per heavy atom. The maximum atomic E-state index is 10.2. The van der Waals surface area contributed by atoms with Crippen LogP contribution >= 0.6 is 23.8 Å². The van der Waals surface area contributed by atoms with Gasteiger partial charge in [0.2, 0.25) is 0 Å². The number of halogens is 1. The van der Waals surface area contributed by atoms with E-state index >= 15 is 0 Å². The molecule has 1 spiro atoms. The normalized spacial score (nSPS) is 25.9. The highest BCUT2D eigenvalue weighted by molar-refractivity contribution is 7.80. The first-order valence-electron chi connectivity index (χ1n) is 9.05. The molecule has 2 aliphatic heterocycles. The number of hydrogen-bond acceptors (Lipinski definition) is 3. The fourth-order valence-corrected chi connectivity index (χ4v) is 5.03. The average Bonchev–Trinajstić information content (AvgIpc) is 2.54. The van der Waals surface area contributed by atoms with Crippen molar-refractivity contribution in [2.45, 2.75) is 50.8 Å². The van der Waals surface area contributed by atoms with Crippen molar-refractivity contribution in [1.82, 2.24) is 10.6 Å². The van der Waals surface area contributed by atoms with E-state index in [1.165, 1.54) is 11.1 Å². The summed E-state index contributed by atoms with van der Waals surface area (Å²) in [6.07, 6.45) is 1.45. The molecule has 0 saturated carbocycles. The topological polar surface area (TPSA) is 53.5 Å². The highest BCUT2D eigenvalue weighted by atomic mass is 35.5. The van der Waals surface area contributed by atoms with E-state index in [4.69, 9.17) is 28.6 Å². The van der Waals surface area contributed by atoms with Gasteiger partial charge in [0.05, 0.1) is 5.02 Å². The second-order valence-electron chi connectivity index (χ2n) is 8.19. The van der Waals surface area contributed by atoms with E-state index in [1.54, 1.807) is 6.07 Å². The van der Waals surface area contributed by atoms with E-state index in [2.05, 4.69) is 49.6 Å². The van der Waals surface area contributed by atoms with Gasteiger partial charge in [-0.15, -0.1) is 0 Å². The molecule has 0 radical (unpaired) electrons. The molecule has 1 fully saturated rings. The third kappa shape index (κ3) is 3.34. The van der Waals surface area contributed by atoms with Crippen molar-refractivity contribution < 1.29 is 9.84 Å². The van der Waals surface area contributed by atoms with Crippen molar-refractivity contribution in [1.29, 1.82) is 0 Å². The highest BCUT2D eigenvalue weighted by Crippen LogP contribution is 2.49. The highest BCUT2D eigenvalue weighted by Gasteiger charge is 2.49. The van der Waals surface area contributed by atoms with Gasteiger partial charge in [-0.25, -0.2) is 0 Å². The Bertz CT molecular complexity index is 930. The van der Waals surface area contributed by atoms with Gasteiger partial charge in [0.15, 0.2) is 10.8 Å². The van der Waals surface area contributed by atoms with Gasteiger partial charge in [-0.05, 0) is 50.2 Å². The molecular formula is C21H23ClN2O2S. The number of rotatable bonds is 1. The van der Waals surface area contributed by atoms with Crippen LogP contribution in [0.5, 0.6) is 11.5 Å². The lowest BCUT2D eigenvalue weighted by atomic mass is 9.76. The summed E-state index contributed by atoms with van der Waals surface area (Å²) in [6.45, 7) is 6.34. The summed E-state index contributed by atoms with van der Waals surface area (Å²) < 4.78 is 6.44. The average molecular weight is 403 g/mol. The van der Waals surface area contributed by atoms with Crippen molar-refractivity contribution >= 4 is 28.9 Å². The number of benzene rings is 2. The molecule has 2 aromatic rings. The molecule has 4 nitrogen and oxygen atoms in total. The van der Waals surface area contributed by atoms with Crippen LogP contribution in [0.1, 0.15) is 49.3 Å². The first-order valence-corrected chi connectivity index (χ1v) is 9.84. The number of nitrogens with one attached hydrogen (secondary N) is 2. The van der Waals surface area contributed by atoms with E-state index in [1.807, 2.05) is 12.1 Å². The standard InChI is InChI=1S/C21H23ClN2O2S/c1-12-6-4-5-7-13(12)15-10-21(11-20(2,3)23-19(27)24-21)26-18-9-17(25)16(22)8-14(15)18/h4-9,15,25H,10-11H2,1-3H3,(H2,23,24,27)/t15-,21-/m1/s1. The molecular weight excluding hydrogens is 380 g/mol. The maximum Gasteiger partial charge on any atom is 0.185 e. The Hall–Kier alpha value is -1.98. The predicted octanol–water partition coefficient (Wildman–Crippen LogP) is 4.61. The fourth-order valence-electron chi connectivity index (χ4n) is 4.40. The van der Waals surface area contributed by atoms with Gasteiger partial charge < -0.3 is 20.5 Å². The quantitative estimate of drug-likeness (QED) is 0.608. The van der Waals surface area contributed by atoms with Gasteiger partial charge in [-0.2, -0.15) is 0 Å². The number of thiocarbonyl (C=S) groups is 1. The van der Waals surface area contributed by atoms with E-state index < -0.39 is 5.72 Å². The van der Waals surface area contributed by atoms with E-state index in [-0.39, 0.29) is 17.2 Å². The monoisotopic (exact) mass is 402 g/mol. The van der Waals surface area contributed by atoms with Crippen molar-refractivity contribution in [2.24, 2.45) is 0 Å². The number of ether oxygens (including phenoxy) is 1. The summed E-state index contributed by atoms with van der Waals surface area (Å²) in [5, 5.41) is 17.7. The summed E-state index contributed by atoms with van der Waals surface area (Å²) in [4.78, 5) is 0. The van der Waals surface area contributed by atoms with Gasteiger partial charge in [0.1, 0.15) is 11.5 Å². The van der Waals surface area contributed by atoms with Crippen molar-refractivity contribution in [3.05, 3.63) is 58.1 Å². The van der Waals surface area contributed by atoms with Crippen molar-refractivity contribution in [3.8, 4) is 11.5 Å². The van der Waals surface area contributed by atoms with Crippen molar-refractivity contribution in [2.75, 3.05) is 0 Å². The first kappa shape index (κ1) is 18.4. The van der Waals surface area contributed by atoms with Gasteiger partial charge in [-0.3, -0.25) is 0 Å². The molecule has 6 heteroatoms. The minimum atomic E-state index is -0.647. The zero-order valence-electron chi connectivity index (χ0n) is 15.6. The smallest absolute Gasteiger partial charge is 0.185 e. The lowest BCUT2D eigenvalue weighted by Crippen LogP contribution is -2.69. The Kier molecular flexibility index (Phi) is 4.28. The molecule has 2 aromatic carbocycles. The van der Waals surface area contributed by atoms with E-state index in [0.29, 0.717) is 15.9 Å². The Labute approximate surface area is 169 Å². The van der Waals surface area contributed by atoms with Gasteiger partial charge in [0, 0.05) is 35.9 Å². The molecule has 2 atom stereocenters. The number of phenols is 1. The second kappa shape index (κ2) is 6.28. The maximum absolute atomic E-state index is 10.2. The van der Waals surface area contributed by atoms with Crippen LogP contribution in [0, 0.1) is 6.92 Å². The third-order valence-corrected chi connectivity index (χ3v) is 5.89. The van der Waals surface area contributed by atoms with Crippen LogP contribution in [0.15, 0.2) is 36.4 Å². The Morgan fingerprint density at radius 3 is 2.63 bits per heavy atom. The minimum absolute atomic E-state index is 0.0202. The summed E-state index contributed by atoms with van der Waals surface area (Å²) in [5.41, 5.74) is 2.58. The largest absolute Gasteiger partial charge is 0.506 e. The van der Waals surface area contributed by atoms with Crippen LogP contribution in [-0.2, 0) is 0 Å². The molecule has 0 bridgehead atoms. The number of aromatic hydroxyl groups is 1. The summed E-state index contributed by atoms with van der Waals surface area (Å²) in [6, 6.07) is 11.8. The van der Waals surface area contributed by atoms with Gasteiger partial charge in [0.25, 0.3) is 0 Å². The Balaban J connectivity index is 1.87. The first-order chi connectivity index (χ1) is 12.7.